The van der Waals surface area contributed by atoms with Crippen LogP contribution in [0.2, 0.25) is 0 Å². The molecular weight excluding hydrogens is 275 g/mol. The predicted molar refractivity (Wildman–Crippen MR) is 77.7 cm³/mol. The minimum atomic E-state index is -0.369. The van der Waals surface area contributed by atoms with Crippen LogP contribution in [0.4, 0.5) is 15.2 Å². The summed E-state index contributed by atoms with van der Waals surface area (Å²) in [6.07, 6.45) is 1.81. The molecule has 0 bridgehead atoms. The van der Waals surface area contributed by atoms with Crippen LogP contribution in [0.1, 0.15) is 5.56 Å². The molecule has 0 N–H and O–H groups in total. The van der Waals surface area contributed by atoms with E-state index >= 15 is 0 Å². The molecule has 0 aliphatic carbocycles. The Balaban J connectivity index is 1.74. The molecule has 1 aliphatic heterocycles. The van der Waals surface area contributed by atoms with Gasteiger partial charge in [0.1, 0.15) is 11.9 Å². The topological polar surface area (TPSA) is 43.2 Å². The highest BCUT2D eigenvalue weighted by Crippen LogP contribution is 2.25. The van der Waals surface area contributed by atoms with E-state index in [1.54, 1.807) is 23.6 Å². The highest BCUT2D eigenvalue weighted by molar-refractivity contribution is 7.13. The molecule has 6 heteroatoms. The smallest absolute Gasteiger partial charge is 0.185 e. The van der Waals surface area contributed by atoms with Crippen molar-refractivity contribution in [2.75, 3.05) is 36.0 Å². The number of hydrogen-bond acceptors (Lipinski definition) is 5. The maximum Gasteiger partial charge on any atom is 0.185 e. The molecule has 1 fully saturated rings. The Morgan fingerprint density at radius 1 is 1.20 bits per heavy atom. The molecule has 0 unspecified atom stereocenters. The number of nitriles is 1. The fraction of sp³-hybridized carbons (Fsp3) is 0.286. The lowest BCUT2D eigenvalue weighted by Gasteiger charge is -2.36. The molecular formula is C14H13FN4S. The van der Waals surface area contributed by atoms with Gasteiger partial charge in [-0.05, 0) is 18.2 Å². The number of halogens is 1. The lowest BCUT2D eigenvalue weighted by atomic mass is 10.1. The van der Waals surface area contributed by atoms with Crippen LogP contribution in [0.15, 0.2) is 29.8 Å². The molecule has 4 nitrogen and oxygen atoms in total. The van der Waals surface area contributed by atoms with E-state index in [4.69, 9.17) is 5.26 Å². The van der Waals surface area contributed by atoms with Gasteiger partial charge >= 0.3 is 0 Å². The van der Waals surface area contributed by atoms with E-state index < -0.39 is 0 Å². The number of rotatable bonds is 2. The zero-order valence-electron chi connectivity index (χ0n) is 10.8. The third kappa shape index (κ3) is 2.45. The number of benzene rings is 1. The maximum atomic E-state index is 13.2. The van der Waals surface area contributed by atoms with Crippen molar-refractivity contribution >= 4 is 22.2 Å². The Morgan fingerprint density at radius 3 is 2.60 bits per heavy atom. The fourth-order valence-electron chi connectivity index (χ4n) is 2.38. The Bertz CT molecular complexity index is 627. The van der Waals surface area contributed by atoms with Crippen LogP contribution < -0.4 is 9.80 Å². The molecule has 0 radical (unpaired) electrons. The lowest BCUT2D eigenvalue weighted by Crippen LogP contribution is -2.46. The first kappa shape index (κ1) is 12.9. The Morgan fingerprint density at radius 2 is 1.95 bits per heavy atom. The number of nitrogens with zero attached hydrogens (tertiary/aromatic N) is 4. The van der Waals surface area contributed by atoms with Crippen LogP contribution in [-0.4, -0.2) is 31.2 Å². The van der Waals surface area contributed by atoms with Gasteiger partial charge in [-0.15, -0.1) is 11.3 Å². The first-order valence-corrected chi connectivity index (χ1v) is 7.25. The fourth-order valence-corrected chi connectivity index (χ4v) is 3.08. The molecule has 102 valence electrons. The minimum absolute atomic E-state index is 0.369. The summed E-state index contributed by atoms with van der Waals surface area (Å²) in [6, 6.07) is 6.45. The van der Waals surface area contributed by atoms with Gasteiger partial charge in [0.2, 0.25) is 0 Å². The first-order chi connectivity index (χ1) is 9.78. The molecule has 3 rings (SSSR count). The number of piperazine rings is 1. The summed E-state index contributed by atoms with van der Waals surface area (Å²) in [5.41, 5.74) is 1.21. The van der Waals surface area contributed by atoms with Crippen molar-refractivity contribution in [2.45, 2.75) is 0 Å². The molecule has 0 amide bonds. The Kier molecular flexibility index (Phi) is 3.52. The molecule has 1 aromatic heterocycles. The van der Waals surface area contributed by atoms with Crippen LogP contribution in [-0.2, 0) is 0 Å². The summed E-state index contributed by atoms with van der Waals surface area (Å²) in [5.74, 6) is -0.369. The standard InChI is InChI=1S/C14H13FN4S/c15-12-1-2-13(11(9-12)10-16)18-4-6-19(7-5-18)14-17-3-8-20-14/h1-3,8-9H,4-7H2. The van der Waals surface area contributed by atoms with Crippen LogP contribution in [0.5, 0.6) is 0 Å². The average molecular weight is 288 g/mol. The number of anilines is 2. The van der Waals surface area contributed by atoms with Crippen LogP contribution in [0.25, 0.3) is 0 Å². The quantitative estimate of drug-likeness (QED) is 0.851. The average Bonchev–Trinajstić information content (AvgIpc) is 3.01. The number of aromatic nitrogens is 1. The maximum absolute atomic E-state index is 13.2. The summed E-state index contributed by atoms with van der Waals surface area (Å²) >= 11 is 1.63. The molecule has 2 heterocycles. The van der Waals surface area contributed by atoms with Crippen molar-refractivity contribution in [3.63, 3.8) is 0 Å². The van der Waals surface area contributed by atoms with Gasteiger partial charge in [-0.25, -0.2) is 9.37 Å². The molecule has 0 saturated carbocycles. The second-order valence-electron chi connectivity index (χ2n) is 4.56. The van der Waals surface area contributed by atoms with Gasteiger partial charge in [0.15, 0.2) is 5.13 Å². The predicted octanol–water partition coefficient (Wildman–Crippen LogP) is 2.48. The summed E-state index contributed by atoms with van der Waals surface area (Å²) in [4.78, 5) is 8.67. The van der Waals surface area contributed by atoms with E-state index in [1.165, 1.54) is 12.1 Å². The summed E-state index contributed by atoms with van der Waals surface area (Å²) in [6.45, 7) is 3.32. The minimum Gasteiger partial charge on any atom is -0.367 e. The molecule has 2 aromatic rings. The zero-order valence-corrected chi connectivity index (χ0v) is 11.6. The SMILES string of the molecule is N#Cc1cc(F)ccc1N1CCN(c2nccs2)CC1. The molecule has 0 spiro atoms. The van der Waals surface area contributed by atoms with Crippen LogP contribution >= 0.6 is 11.3 Å². The number of thiazole rings is 1. The molecule has 1 saturated heterocycles. The van der Waals surface area contributed by atoms with Crippen LogP contribution in [0, 0.1) is 17.1 Å². The second kappa shape index (κ2) is 5.47. The van der Waals surface area contributed by atoms with Crippen molar-refractivity contribution in [1.82, 2.24) is 4.98 Å². The van der Waals surface area contributed by atoms with Gasteiger partial charge in [0, 0.05) is 37.8 Å². The largest absolute Gasteiger partial charge is 0.367 e. The van der Waals surface area contributed by atoms with Gasteiger partial charge in [-0.2, -0.15) is 5.26 Å². The highest BCUT2D eigenvalue weighted by Gasteiger charge is 2.20. The van der Waals surface area contributed by atoms with Crippen molar-refractivity contribution in [3.05, 3.63) is 41.2 Å². The summed E-state index contributed by atoms with van der Waals surface area (Å²) < 4.78 is 13.2. The Labute approximate surface area is 120 Å². The van der Waals surface area contributed by atoms with E-state index in [0.717, 1.165) is 37.0 Å². The zero-order chi connectivity index (χ0) is 13.9. The third-order valence-corrected chi connectivity index (χ3v) is 4.22. The van der Waals surface area contributed by atoms with Crippen molar-refractivity contribution < 1.29 is 4.39 Å². The normalized spacial score (nSPS) is 15.2. The monoisotopic (exact) mass is 288 g/mol. The first-order valence-electron chi connectivity index (χ1n) is 6.37. The Hall–Kier alpha value is -2.13. The summed E-state index contributed by atoms with van der Waals surface area (Å²) in [7, 11) is 0. The lowest BCUT2D eigenvalue weighted by molar-refractivity contribution is 0.624. The van der Waals surface area contributed by atoms with Gasteiger partial charge < -0.3 is 9.80 Å². The molecule has 1 aromatic carbocycles. The van der Waals surface area contributed by atoms with Crippen molar-refractivity contribution in [3.8, 4) is 6.07 Å². The van der Waals surface area contributed by atoms with E-state index in [-0.39, 0.29) is 5.82 Å². The number of hydrogen-bond donors (Lipinski definition) is 0. The van der Waals surface area contributed by atoms with E-state index in [9.17, 15) is 4.39 Å². The van der Waals surface area contributed by atoms with Gasteiger partial charge in [-0.1, -0.05) is 0 Å². The van der Waals surface area contributed by atoms with E-state index in [0.29, 0.717) is 5.56 Å². The van der Waals surface area contributed by atoms with Gasteiger partial charge in [0.05, 0.1) is 11.3 Å². The van der Waals surface area contributed by atoms with Gasteiger partial charge in [-0.3, -0.25) is 0 Å². The third-order valence-electron chi connectivity index (χ3n) is 3.39. The van der Waals surface area contributed by atoms with Crippen LogP contribution in [0.3, 0.4) is 0 Å². The van der Waals surface area contributed by atoms with Crippen molar-refractivity contribution in [2.24, 2.45) is 0 Å². The second-order valence-corrected chi connectivity index (χ2v) is 5.44. The highest BCUT2D eigenvalue weighted by atomic mass is 32.1. The summed E-state index contributed by atoms with van der Waals surface area (Å²) in [5, 5.41) is 12.1. The van der Waals surface area contributed by atoms with E-state index in [1.807, 2.05) is 5.38 Å². The van der Waals surface area contributed by atoms with Gasteiger partial charge in [0.25, 0.3) is 0 Å². The molecule has 20 heavy (non-hydrogen) atoms. The molecule has 1 aliphatic rings. The van der Waals surface area contributed by atoms with E-state index in [2.05, 4.69) is 20.9 Å². The van der Waals surface area contributed by atoms with Crippen molar-refractivity contribution in [1.29, 1.82) is 5.26 Å². The molecule has 0 atom stereocenters.